The highest BCUT2D eigenvalue weighted by molar-refractivity contribution is 7.91. The molecule has 0 aliphatic heterocycles. The number of Topliss-reactive ketones (excluding diaryl/α,β-unsaturated/α-hetero) is 1. The highest BCUT2D eigenvalue weighted by atomic mass is 32.2. The van der Waals surface area contributed by atoms with E-state index in [9.17, 15) is 32.7 Å². The van der Waals surface area contributed by atoms with Crippen LogP contribution in [0.25, 0.3) is 0 Å². The molecule has 0 aliphatic carbocycles. The number of amides is 2. The predicted molar refractivity (Wildman–Crippen MR) is 136 cm³/mol. The monoisotopic (exact) mass is 588 g/mol. The lowest BCUT2D eigenvalue weighted by molar-refractivity contribution is -0.140. The number of benzene rings is 1. The standard InChI is InChI=1S/C21H28N6O10S2/c22-13-6-7-14(17(18(13)31)19(23)32)37-16(30)11-36-10-9-35-8-2-4-12(28)3-1-5-15(29)25-20-26-27-21(38-20)39(24,33)34/h6-7,31H,1-5,8-11,22H2,(H2,23,32)(H2,24,33,34)(H,25,26,29). The number of esters is 1. The number of primary amides is 1. The van der Waals surface area contributed by atoms with Crippen molar-refractivity contribution < 1.29 is 46.9 Å². The van der Waals surface area contributed by atoms with Crippen LogP contribution in [-0.4, -0.2) is 73.7 Å². The van der Waals surface area contributed by atoms with Gasteiger partial charge in [-0.05, 0) is 25.0 Å². The molecule has 18 heteroatoms. The van der Waals surface area contributed by atoms with E-state index in [1.165, 1.54) is 12.1 Å². The maximum Gasteiger partial charge on any atom is 0.337 e. The van der Waals surface area contributed by atoms with Crippen LogP contribution in [0.3, 0.4) is 0 Å². The topological polar surface area (TPSA) is 266 Å². The number of nitrogen functional groups attached to an aromatic ring is 1. The molecule has 2 rings (SSSR count). The minimum atomic E-state index is -3.99. The van der Waals surface area contributed by atoms with Gasteiger partial charge in [0.25, 0.3) is 15.9 Å². The molecule has 8 N–H and O–H groups in total. The summed E-state index contributed by atoms with van der Waals surface area (Å²) in [6.07, 6.45) is 1.22. The number of sulfonamides is 1. The number of carbonyl (C=O) groups is 4. The highest BCUT2D eigenvalue weighted by Gasteiger charge is 2.20. The molecular weight excluding hydrogens is 560 g/mol. The average molecular weight is 589 g/mol. The summed E-state index contributed by atoms with van der Waals surface area (Å²) in [4.78, 5) is 47.2. The Morgan fingerprint density at radius 2 is 1.69 bits per heavy atom. The van der Waals surface area contributed by atoms with Crippen LogP contribution in [0.15, 0.2) is 16.5 Å². The fourth-order valence-corrected chi connectivity index (χ4v) is 4.29. The first-order valence-electron chi connectivity index (χ1n) is 11.3. The summed E-state index contributed by atoms with van der Waals surface area (Å²) in [7, 11) is -3.99. The van der Waals surface area contributed by atoms with Crippen molar-refractivity contribution in [1.29, 1.82) is 0 Å². The highest BCUT2D eigenvalue weighted by Crippen LogP contribution is 2.32. The third kappa shape index (κ3) is 10.9. The number of anilines is 2. The number of nitrogens with one attached hydrogen (secondary N) is 1. The predicted octanol–water partition coefficient (Wildman–Crippen LogP) is -0.331. The third-order valence-corrected chi connectivity index (χ3v) is 6.88. The average Bonchev–Trinajstić information content (AvgIpc) is 3.32. The molecule has 1 aromatic carbocycles. The second-order valence-electron chi connectivity index (χ2n) is 7.84. The molecule has 0 fully saturated rings. The summed E-state index contributed by atoms with van der Waals surface area (Å²) in [5.74, 6) is -3.18. The van der Waals surface area contributed by atoms with Crippen LogP contribution in [0.4, 0.5) is 10.8 Å². The molecule has 0 radical (unpaired) electrons. The van der Waals surface area contributed by atoms with Gasteiger partial charge in [-0.2, -0.15) is 0 Å². The molecule has 39 heavy (non-hydrogen) atoms. The number of hydrogen-bond acceptors (Lipinski definition) is 14. The molecule has 2 amide bonds. The number of aromatic hydroxyl groups is 1. The molecule has 0 atom stereocenters. The van der Waals surface area contributed by atoms with Gasteiger partial charge in [-0.15, -0.1) is 10.2 Å². The van der Waals surface area contributed by atoms with Gasteiger partial charge in [0.15, 0.2) is 5.75 Å². The van der Waals surface area contributed by atoms with Crippen LogP contribution < -0.4 is 26.7 Å². The lowest BCUT2D eigenvalue weighted by atomic mass is 10.1. The van der Waals surface area contributed by atoms with Gasteiger partial charge in [0, 0.05) is 25.9 Å². The van der Waals surface area contributed by atoms with E-state index in [1.54, 1.807) is 0 Å². The van der Waals surface area contributed by atoms with Gasteiger partial charge < -0.3 is 36.1 Å². The Kier molecular flexibility index (Phi) is 12.1. The van der Waals surface area contributed by atoms with Crippen LogP contribution in [-0.2, 0) is 33.9 Å². The number of rotatable bonds is 17. The van der Waals surface area contributed by atoms with Gasteiger partial charge in [0.05, 0.1) is 18.9 Å². The minimum Gasteiger partial charge on any atom is -0.505 e. The number of hydrogen-bond donors (Lipinski definition) is 5. The molecule has 0 aliphatic rings. The van der Waals surface area contributed by atoms with Crippen molar-refractivity contribution >= 4 is 55.7 Å². The van der Waals surface area contributed by atoms with Crippen molar-refractivity contribution in [2.45, 2.75) is 36.4 Å². The van der Waals surface area contributed by atoms with Crippen molar-refractivity contribution in [3.8, 4) is 11.5 Å². The summed E-state index contributed by atoms with van der Waals surface area (Å²) >= 11 is 0.625. The van der Waals surface area contributed by atoms with E-state index in [2.05, 4.69) is 15.5 Å². The first-order chi connectivity index (χ1) is 18.4. The Morgan fingerprint density at radius 3 is 2.36 bits per heavy atom. The molecule has 0 saturated carbocycles. The molecule has 1 heterocycles. The van der Waals surface area contributed by atoms with Crippen molar-refractivity contribution in [2.24, 2.45) is 10.9 Å². The van der Waals surface area contributed by atoms with Gasteiger partial charge in [-0.3, -0.25) is 14.4 Å². The normalized spacial score (nSPS) is 11.2. The Balaban J connectivity index is 1.52. The van der Waals surface area contributed by atoms with Gasteiger partial charge in [0.1, 0.15) is 23.7 Å². The third-order valence-electron chi connectivity index (χ3n) is 4.73. The SMILES string of the molecule is NC(=O)c1c(OC(=O)COCCOCCCC(=O)CCCC(=O)Nc2nnc(S(N)(=O)=O)s2)ccc(N)c1O. The van der Waals surface area contributed by atoms with Crippen molar-refractivity contribution in [1.82, 2.24) is 10.2 Å². The summed E-state index contributed by atoms with van der Waals surface area (Å²) in [5, 5.41) is 24.0. The summed E-state index contributed by atoms with van der Waals surface area (Å²) in [6, 6.07) is 2.47. The smallest absolute Gasteiger partial charge is 0.337 e. The zero-order valence-corrected chi connectivity index (χ0v) is 22.2. The molecule has 0 spiro atoms. The van der Waals surface area contributed by atoms with E-state index >= 15 is 0 Å². The quantitative estimate of drug-likeness (QED) is 0.0396. The first-order valence-corrected chi connectivity index (χ1v) is 13.7. The van der Waals surface area contributed by atoms with Crippen molar-refractivity contribution in [3.05, 3.63) is 17.7 Å². The first kappa shape index (κ1) is 31.5. The lowest BCUT2D eigenvalue weighted by Crippen LogP contribution is -2.20. The number of phenols is 1. The Hall–Kier alpha value is -3.71. The fourth-order valence-electron chi connectivity index (χ4n) is 2.94. The zero-order valence-electron chi connectivity index (χ0n) is 20.6. The number of ether oxygens (including phenoxy) is 3. The Labute approximate surface area is 226 Å². The fraction of sp³-hybridized carbons (Fsp3) is 0.429. The number of nitrogens with zero attached hydrogens (tertiary/aromatic N) is 2. The van der Waals surface area contributed by atoms with E-state index in [-0.39, 0.29) is 61.4 Å². The van der Waals surface area contributed by atoms with Gasteiger partial charge >= 0.3 is 5.97 Å². The van der Waals surface area contributed by atoms with Crippen LogP contribution in [0.2, 0.25) is 0 Å². The summed E-state index contributed by atoms with van der Waals surface area (Å²) < 4.78 is 37.4. The molecule has 1 aromatic heterocycles. The molecule has 214 valence electrons. The van der Waals surface area contributed by atoms with E-state index in [1.807, 2.05) is 0 Å². The lowest BCUT2D eigenvalue weighted by Gasteiger charge is -2.11. The molecule has 16 nitrogen and oxygen atoms in total. The van der Waals surface area contributed by atoms with Crippen LogP contribution in [0, 0.1) is 0 Å². The van der Waals surface area contributed by atoms with Crippen molar-refractivity contribution in [2.75, 3.05) is 37.5 Å². The van der Waals surface area contributed by atoms with E-state index in [0.29, 0.717) is 24.2 Å². The van der Waals surface area contributed by atoms with Crippen molar-refractivity contribution in [3.63, 3.8) is 0 Å². The molecule has 0 saturated heterocycles. The summed E-state index contributed by atoms with van der Waals surface area (Å²) in [6.45, 7) is 0.0258. The van der Waals surface area contributed by atoms with E-state index < -0.39 is 50.1 Å². The summed E-state index contributed by atoms with van der Waals surface area (Å²) in [5.41, 5.74) is 10.2. The number of nitrogens with two attached hydrogens (primary N) is 3. The maximum atomic E-state index is 11.9. The van der Waals surface area contributed by atoms with E-state index in [0.717, 1.165) is 0 Å². The number of primary sulfonamides is 1. The van der Waals surface area contributed by atoms with Crippen LogP contribution in [0.1, 0.15) is 42.5 Å². The van der Waals surface area contributed by atoms with Crippen LogP contribution >= 0.6 is 11.3 Å². The van der Waals surface area contributed by atoms with Gasteiger partial charge in [-0.25, -0.2) is 18.4 Å². The number of aromatic nitrogens is 2. The Bertz CT molecular complexity index is 1300. The second-order valence-corrected chi connectivity index (χ2v) is 10.6. The maximum absolute atomic E-state index is 11.9. The molecule has 0 unspecified atom stereocenters. The minimum absolute atomic E-state index is 0.00677. The largest absolute Gasteiger partial charge is 0.505 e. The number of carbonyl (C=O) groups excluding carboxylic acids is 4. The van der Waals surface area contributed by atoms with Gasteiger partial charge in [0.2, 0.25) is 15.4 Å². The van der Waals surface area contributed by atoms with Gasteiger partial charge in [-0.1, -0.05) is 11.3 Å². The second kappa shape index (κ2) is 15.0. The number of ketones is 1. The van der Waals surface area contributed by atoms with Crippen LogP contribution in [0.5, 0.6) is 11.5 Å². The molecular formula is C21H28N6O10S2. The molecule has 2 aromatic rings. The van der Waals surface area contributed by atoms with E-state index in [4.69, 9.17) is 30.8 Å². The zero-order chi connectivity index (χ0) is 29.0. The Morgan fingerprint density at radius 1 is 1.00 bits per heavy atom. The molecule has 0 bridgehead atoms.